The van der Waals surface area contributed by atoms with Crippen molar-refractivity contribution in [3.05, 3.63) is 35.4 Å². The van der Waals surface area contributed by atoms with Gasteiger partial charge in [-0.1, -0.05) is 24.3 Å². The molecule has 1 aromatic carbocycles. The summed E-state index contributed by atoms with van der Waals surface area (Å²) in [5.74, 6) is -0.0575. The fourth-order valence-corrected chi connectivity index (χ4v) is 3.04. The Hall–Kier alpha value is -1.39. The van der Waals surface area contributed by atoms with E-state index in [9.17, 15) is 4.79 Å². The van der Waals surface area contributed by atoms with Crippen LogP contribution in [0, 0.1) is 0 Å². The van der Waals surface area contributed by atoms with E-state index in [1.54, 1.807) is 7.05 Å². The highest BCUT2D eigenvalue weighted by Crippen LogP contribution is 2.48. The number of hydrogen-bond donors (Lipinski definition) is 2. The number of carbonyl (C=O) groups excluding carboxylic acids is 1. The van der Waals surface area contributed by atoms with Crippen molar-refractivity contribution in [2.24, 2.45) is 0 Å². The Morgan fingerprint density at radius 3 is 2.83 bits per heavy atom. The number of carbonyl (C=O) groups is 1. The smallest absolute Gasteiger partial charge is 0.253 e. The highest BCUT2D eigenvalue weighted by molar-refractivity contribution is 5.83. The number of fused-ring (bicyclic) bond motifs is 2. The molecule has 2 aliphatic rings. The van der Waals surface area contributed by atoms with Gasteiger partial charge in [-0.15, -0.1) is 0 Å². The average molecular weight is 246 g/mol. The molecule has 1 atom stereocenters. The van der Waals surface area contributed by atoms with Gasteiger partial charge in [-0.2, -0.15) is 0 Å². The van der Waals surface area contributed by atoms with Gasteiger partial charge in [0.1, 0.15) is 0 Å². The standard InChI is InChI=1S/C14H18N2O2/c1-15-13(17)12-10-4-2-3-5-11(10)14(18-12)6-8-16-9-7-14/h2-5,12,16H,6-9H2,1H3,(H,15,17). The molecule has 2 heterocycles. The molecule has 2 N–H and O–H groups in total. The number of nitrogens with one attached hydrogen (secondary N) is 2. The van der Waals surface area contributed by atoms with Crippen LogP contribution < -0.4 is 10.6 Å². The molecule has 96 valence electrons. The Morgan fingerprint density at radius 1 is 1.39 bits per heavy atom. The molecule has 1 spiro atoms. The van der Waals surface area contributed by atoms with Gasteiger partial charge < -0.3 is 15.4 Å². The van der Waals surface area contributed by atoms with Gasteiger partial charge in [0.05, 0.1) is 5.60 Å². The Bertz CT molecular complexity index is 467. The predicted molar refractivity (Wildman–Crippen MR) is 68.1 cm³/mol. The first-order valence-corrected chi connectivity index (χ1v) is 6.46. The van der Waals surface area contributed by atoms with Gasteiger partial charge in [-0.3, -0.25) is 4.79 Å². The average Bonchev–Trinajstić information content (AvgIpc) is 2.74. The maximum atomic E-state index is 12.0. The monoisotopic (exact) mass is 246 g/mol. The highest BCUT2D eigenvalue weighted by atomic mass is 16.5. The number of piperidine rings is 1. The number of amides is 1. The Kier molecular flexibility index (Phi) is 2.84. The topological polar surface area (TPSA) is 50.4 Å². The third kappa shape index (κ3) is 1.64. The van der Waals surface area contributed by atoms with Crippen LogP contribution in [0.15, 0.2) is 24.3 Å². The van der Waals surface area contributed by atoms with E-state index in [2.05, 4.69) is 16.7 Å². The van der Waals surface area contributed by atoms with Crippen LogP contribution in [0.5, 0.6) is 0 Å². The maximum absolute atomic E-state index is 12.0. The van der Waals surface area contributed by atoms with Crippen LogP contribution in [-0.4, -0.2) is 26.0 Å². The quantitative estimate of drug-likeness (QED) is 0.779. The third-order valence-electron chi connectivity index (χ3n) is 3.97. The van der Waals surface area contributed by atoms with E-state index in [0.717, 1.165) is 31.5 Å². The van der Waals surface area contributed by atoms with Gasteiger partial charge in [0.2, 0.25) is 0 Å². The Balaban J connectivity index is 2.03. The van der Waals surface area contributed by atoms with Crippen molar-refractivity contribution in [2.75, 3.05) is 20.1 Å². The lowest BCUT2D eigenvalue weighted by Crippen LogP contribution is -2.40. The minimum Gasteiger partial charge on any atom is -0.357 e. The predicted octanol–water partition coefficient (Wildman–Crippen LogP) is 1.08. The van der Waals surface area contributed by atoms with Crippen LogP contribution in [0.4, 0.5) is 0 Å². The van der Waals surface area contributed by atoms with E-state index in [0.29, 0.717) is 0 Å². The fraction of sp³-hybridized carbons (Fsp3) is 0.500. The van der Waals surface area contributed by atoms with Crippen molar-refractivity contribution in [1.82, 2.24) is 10.6 Å². The molecular weight excluding hydrogens is 228 g/mol. The summed E-state index contributed by atoms with van der Waals surface area (Å²) in [5.41, 5.74) is 1.96. The molecule has 1 aromatic rings. The first-order chi connectivity index (χ1) is 8.77. The van der Waals surface area contributed by atoms with E-state index in [1.165, 1.54) is 5.56 Å². The van der Waals surface area contributed by atoms with Crippen LogP contribution in [-0.2, 0) is 15.1 Å². The number of ether oxygens (including phenoxy) is 1. The largest absolute Gasteiger partial charge is 0.357 e. The lowest BCUT2D eigenvalue weighted by Gasteiger charge is -2.34. The van der Waals surface area contributed by atoms with Crippen LogP contribution in [0.25, 0.3) is 0 Å². The second kappa shape index (κ2) is 4.37. The molecule has 18 heavy (non-hydrogen) atoms. The molecule has 1 amide bonds. The molecule has 0 aromatic heterocycles. The van der Waals surface area contributed by atoms with Crippen molar-refractivity contribution < 1.29 is 9.53 Å². The second-order valence-electron chi connectivity index (χ2n) is 4.94. The first-order valence-electron chi connectivity index (χ1n) is 6.46. The number of likely N-dealkylation sites (N-methyl/N-ethyl adjacent to an activating group) is 1. The van der Waals surface area contributed by atoms with Gasteiger partial charge >= 0.3 is 0 Å². The van der Waals surface area contributed by atoms with Crippen molar-refractivity contribution in [2.45, 2.75) is 24.5 Å². The summed E-state index contributed by atoms with van der Waals surface area (Å²) < 4.78 is 6.16. The first kappa shape index (κ1) is 11.7. The van der Waals surface area contributed by atoms with E-state index in [-0.39, 0.29) is 11.5 Å². The molecule has 0 aliphatic carbocycles. The van der Waals surface area contributed by atoms with Crippen LogP contribution >= 0.6 is 0 Å². The molecule has 1 unspecified atom stereocenters. The highest BCUT2D eigenvalue weighted by Gasteiger charge is 2.47. The fourth-order valence-electron chi connectivity index (χ4n) is 3.04. The number of hydrogen-bond acceptors (Lipinski definition) is 3. The van der Waals surface area contributed by atoms with Crippen LogP contribution in [0.3, 0.4) is 0 Å². The summed E-state index contributed by atoms with van der Waals surface area (Å²) in [6.07, 6.45) is 1.40. The Labute approximate surface area is 107 Å². The number of benzene rings is 1. The van der Waals surface area contributed by atoms with Crippen molar-refractivity contribution in [3.8, 4) is 0 Å². The molecule has 4 heteroatoms. The molecule has 0 bridgehead atoms. The van der Waals surface area contributed by atoms with E-state index >= 15 is 0 Å². The van der Waals surface area contributed by atoms with Gasteiger partial charge in [0, 0.05) is 7.05 Å². The van der Waals surface area contributed by atoms with E-state index < -0.39 is 6.10 Å². The van der Waals surface area contributed by atoms with Crippen molar-refractivity contribution in [3.63, 3.8) is 0 Å². The van der Waals surface area contributed by atoms with E-state index in [1.807, 2.05) is 18.2 Å². The molecular formula is C14H18N2O2. The number of rotatable bonds is 1. The normalized spacial score (nSPS) is 24.8. The summed E-state index contributed by atoms with van der Waals surface area (Å²) in [6, 6.07) is 8.10. The zero-order chi connectivity index (χ0) is 12.6. The van der Waals surface area contributed by atoms with E-state index in [4.69, 9.17) is 4.74 Å². The molecule has 1 fully saturated rings. The van der Waals surface area contributed by atoms with Gasteiger partial charge in [0.15, 0.2) is 6.10 Å². The second-order valence-corrected chi connectivity index (χ2v) is 4.94. The zero-order valence-electron chi connectivity index (χ0n) is 10.5. The van der Waals surface area contributed by atoms with Gasteiger partial charge in [0.25, 0.3) is 5.91 Å². The summed E-state index contributed by atoms with van der Waals surface area (Å²) in [5, 5.41) is 6.03. The lowest BCUT2D eigenvalue weighted by atomic mass is 9.84. The molecule has 1 saturated heterocycles. The summed E-state index contributed by atoms with van der Waals surface area (Å²) in [6.45, 7) is 1.88. The molecule has 0 saturated carbocycles. The van der Waals surface area contributed by atoms with Crippen molar-refractivity contribution >= 4 is 5.91 Å². The summed E-state index contributed by atoms with van der Waals surface area (Å²) >= 11 is 0. The molecule has 4 nitrogen and oxygen atoms in total. The minimum absolute atomic E-state index is 0.0575. The van der Waals surface area contributed by atoms with Gasteiger partial charge in [-0.25, -0.2) is 0 Å². The lowest BCUT2D eigenvalue weighted by molar-refractivity contribution is -0.147. The summed E-state index contributed by atoms with van der Waals surface area (Å²) in [7, 11) is 1.65. The SMILES string of the molecule is CNC(=O)C1OC2(CCNCC2)c2ccccc21. The Morgan fingerprint density at radius 2 is 2.11 bits per heavy atom. The zero-order valence-corrected chi connectivity index (χ0v) is 10.5. The van der Waals surface area contributed by atoms with Crippen LogP contribution in [0.1, 0.15) is 30.1 Å². The van der Waals surface area contributed by atoms with Gasteiger partial charge in [-0.05, 0) is 37.1 Å². The third-order valence-corrected chi connectivity index (χ3v) is 3.97. The summed E-state index contributed by atoms with van der Waals surface area (Å²) in [4.78, 5) is 12.0. The molecule has 2 aliphatic heterocycles. The minimum atomic E-state index is -0.454. The van der Waals surface area contributed by atoms with Crippen LogP contribution in [0.2, 0.25) is 0 Å². The molecule has 3 rings (SSSR count). The van der Waals surface area contributed by atoms with Crippen molar-refractivity contribution in [1.29, 1.82) is 0 Å². The molecule has 0 radical (unpaired) electrons. The maximum Gasteiger partial charge on any atom is 0.253 e.